The first-order valence-corrected chi connectivity index (χ1v) is 8.17. The highest BCUT2D eigenvalue weighted by Gasteiger charge is 2.27. The van der Waals surface area contributed by atoms with Crippen LogP contribution in [0.25, 0.3) is 0 Å². The summed E-state index contributed by atoms with van der Waals surface area (Å²) in [6, 6.07) is 0. The number of nitrogens with zero attached hydrogens (tertiary/aromatic N) is 3. The van der Waals surface area contributed by atoms with E-state index in [0.29, 0.717) is 5.13 Å². The molecule has 1 atom stereocenters. The van der Waals surface area contributed by atoms with Gasteiger partial charge < -0.3 is 15.5 Å². The fourth-order valence-electron chi connectivity index (χ4n) is 2.12. The average molecular weight is 302 g/mol. The summed E-state index contributed by atoms with van der Waals surface area (Å²) in [4.78, 5) is 15.9. The lowest BCUT2D eigenvalue weighted by Gasteiger charge is -2.32. The van der Waals surface area contributed by atoms with Crippen LogP contribution in [0.2, 0.25) is 0 Å². The zero-order valence-electron chi connectivity index (χ0n) is 11.3. The maximum atomic E-state index is 12.3. The second kappa shape index (κ2) is 6.53. The molecule has 0 radical (unpaired) electrons. The van der Waals surface area contributed by atoms with E-state index in [-0.39, 0.29) is 11.2 Å². The molecule has 19 heavy (non-hydrogen) atoms. The van der Waals surface area contributed by atoms with Crippen LogP contribution in [0, 0.1) is 0 Å². The summed E-state index contributed by atoms with van der Waals surface area (Å²) in [5.41, 5.74) is 5.54. The monoisotopic (exact) mass is 302 g/mol. The lowest BCUT2D eigenvalue weighted by Crippen LogP contribution is -3.14. The fraction of sp³-hybridized carbons (Fsp3) is 0.727. The number of hydrogen-bond acceptors (Lipinski definition) is 6. The van der Waals surface area contributed by atoms with Crippen LogP contribution in [0.1, 0.15) is 13.8 Å². The first-order chi connectivity index (χ1) is 9.10. The maximum absolute atomic E-state index is 12.3. The van der Waals surface area contributed by atoms with Crippen molar-refractivity contribution >= 4 is 34.1 Å². The summed E-state index contributed by atoms with van der Waals surface area (Å²) in [6.07, 6.45) is 0. The topological polar surface area (TPSA) is 76.5 Å². The second-order valence-corrected chi connectivity index (χ2v) is 7.19. The molecule has 0 spiro atoms. The molecular formula is C11H20N5OS2+. The van der Waals surface area contributed by atoms with Crippen LogP contribution >= 0.6 is 23.1 Å². The number of carbonyl (C=O) groups is 1. The highest BCUT2D eigenvalue weighted by atomic mass is 32.2. The molecule has 2 rings (SSSR count). The van der Waals surface area contributed by atoms with Crippen LogP contribution in [0.15, 0.2) is 4.34 Å². The lowest BCUT2D eigenvalue weighted by molar-refractivity contribution is -0.902. The number of nitrogens with two attached hydrogens (primary N) is 1. The fourth-order valence-corrected chi connectivity index (χ4v) is 3.99. The molecule has 0 aliphatic carbocycles. The second-order valence-electron chi connectivity index (χ2n) is 4.60. The summed E-state index contributed by atoms with van der Waals surface area (Å²) >= 11 is 2.77. The van der Waals surface area contributed by atoms with E-state index in [1.54, 1.807) is 4.90 Å². The van der Waals surface area contributed by atoms with Crippen LogP contribution in [0.5, 0.6) is 0 Å². The highest BCUT2D eigenvalue weighted by molar-refractivity contribution is 8.02. The Bertz CT molecular complexity index is 430. The van der Waals surface area contributed by atoms with Gasteiger partial charge >= 0.3 is 0 Å². The Morgan fingerprint density at radius 3 is 2.74 bits per heavy atom. The molecule has 6 nitrogen and oxygen atoms in total. The van der Waals surface area contributed by atoms with E-state index in [1.807, 2.05) is 11.8 Å². The number of amides is 1. The van der Waals surface area contributed by atoms with Gasteiger partial charge in [0.05, 0.1) is 38.0 Å². The van der Waals surface area contributed by atoms with Gasteiger partial charge in [-0.3, -0.25) is 4.79 Å². The Balaban J connectivity index is 1.85. The zero-order chi connectivity index (χ0) is 13.8. The first-order valence-electron chi connectivity index (χ1n) is 6.48. The number of hydrogen-bond donors (Lipinski definition) is 2. The number of quaternary nitrogens is 1. The molecule has 0 saturated carbocycles. The van der Waals surface area contributed by atoms with Crippen LogP contribution in [-0.4, -0.2) is 59.0 Å². The predicted molar refractivity (Wildman–Crippen MR) is 77.5 cm³/mol. The van der Waals surface area contributed by atoms with Gasteiger partial charge in [0.15, 0.2) is 4.34 Å². The normalized spacial score (nSPS) is 18.5. The molecule has 1 fully saturated rings. The van der Waals surface area contributed by atoms with Gasteiger partial charge in [-0.15, -0.1) is 10.2 Å². The average Bonchev–Trinajstić information content (AvgIpc) is 2.83. The zero-order valence-corrected chi connectivity index (χ0v) is 12.9. The van der Waals surface area contributed by atoms with Gasteiger partial charge in [0, 0.05) is 0 Å². The number of carbonyl (C=O) groups excluding carboxylic acids is 1. The van der Waals surface area contributed by atoms with Crippen LogP contribution in [-0.2, 0) is 4.79 Å². The number of likely N-dealkylation sites (N-methyl/N-ethyl adjacent to an activating group) is 1. The number of anilines is 1. The lowest BCUT2D eigenvalue weighted by atomic mass is 10.3. The van der Waals surface area contributed by atoms with Crippen LogP contribution in [0.3, 0.4) is 0 Å². The molecule has 1 aromatic heterocycles. The Hall–Kier alpha value is -0.860. The minimum absolute atomic E-state index is 0.129. The Morgan fingerprint density at radius 2 is 2.21 bits per heavy atom. The van der Waals surface area contributed by atoms with Gasteiger partial charge in [-0.25, -0.2) is 0 Å². The number of rotatable bonds is 4. The predicted octanol–water partition coefficient (Wildman–Crippen LogP) is -0.652. The van der Waals surface area contributed by atoms with Crippen molar-refractivity contribution in [2.75, 3.05) is 38.5 Å². The molecule has 2 heterocycles. The van der Waals surface area contributed by atoms with Crippen LogP contribution in [0.4, 0.5) is 5.13 Å². The third-order valence-corrected chi connectivity index (χ3v) is 5.25. The van der Waals surface area contributed by atoms with Crippen molar-refractivity contribution in [1.82, 2.24) is 15.1 Å². The molecule has 0 bridgehead atoms. The molecular weight excluding hydrogens is 282 g/mol. The molecule has 1 aliphatic heterocycles. The molecule has 0 unspecified atom stereocenters. The van der Waals surface area contributed by atoms with Crippen molar-refractivity contribution in [2.45, 2.75) is 23.4 Å². The summed E-state index contributed by atoms with van der Waals surface area (Å²) in [5, 5.41) is 8.02. The Morgan fingerprint density at radius 1 is 1.53 bits per heavy atom. The molecule has 1 amide bonds. The molecule has 1 aliphatic rings. The van der Waals surface area contributed by atoms with E-state index in [9.17, 15) is 4.79 Å². The molecule has 3 N–H and O–H groups in total. The van der Waals surface area contributed by atoms with Crippen molar-refractivity contribution in [3.05, 3.63) is 0 Å². The third kappa shape index (κ3) is 3.80. The standard InChI is InChI=1S/C11H19N5OS2/c1-3-15-4-6-16(7-5-15)9(17)8(2)18-11-14-13-10(12)19-11/h8H,3-7H2,1-2H3,(H2,12,13)/p+1/t8-/m1/s1. The molecule has 1 saturated heterocycles. The van der Waals surface area contributed by atoms with E-state index >= 15 is 0 Å². The summed E-state index contributed by atoms with van der Waals surface area (Å²) in [6.45, 7) is 9.04. The van der Waals surface area contributed by atoms with Crippen molar-refractivity contribution in [3.8, 4) is 0 Å². The van der Waals surface area contributed by atoms with E-state index in [2.05, 4.69) is 17.1 Å². The largest absolute Gasteiger partial charge is 0.374 e. The van der Waals surface area contributed by atoms with E-state index in [0.717, 1.165) is 37.1 Å². The Labute approximate surface area is 121 Å². The summed E-state index contributed by atoms with van der Waals surface area (Å²) in [5.74, 6) is 0.189. The van der Waals surface area contributed by atoms with Crippen LogP contribution < -0.4 is 10.6 Å². The van der Waals surface area contributed by atoms with Crippen molar-refractivity contribution in [3.63, 3.8) is 0 Å². The molecule has 1 aromatic rings. The van der Waals surface area contributed by atoms with Gasteiger partial charge in [-0.05, 0) is 13.8 Å². The maximum Gasteiger partial charge on any atom is 0.236 e. The Kier molecular flexibility index (Phi) is 5.00. The van der Waals surface area contributed by atoms with Gasteiger partial charge in [-0.1, -0.05) is 23.1 Å². The molecule has 8 heteroatoms. The molecule has 0 aromatic carbocycles. The van der Waals surface area contributed by atoms with Crippen molar-refractivity contribution in [2.24, 2.45) is 0 Å². The first kappa shape index (κ1) is 14.5. The number of aromatic nitrogens is 2. The van der Waals surface area contributed by atoms with E-state index < -0.39 is 0 Å². The van der Waals surface area contributed by atoms with Gasteiger partial charge in [-0.2, -0.15) is 0 Å². The molecule has 106 valence electrons. The number of piperazine rings is 1. The number of thioether (sulfide) groups is 1. The van der Waals surface area contributed by atoms with Crippen molar-refractivity contribution in [1.29, 1.82) is 0 Å². The van der Waals surface area contributed by atoms with E-state index in [4.69, 9.17) is 5.73 Å². The van der Waals surface area contributed by atoms with Gasteiger partial charge in [0.25, 0.3) is 0 Å². The SMILES string of the molecule is CC[NH+]1CCN(C(=O)[C@@H](C)Sc2nnc(N)s2)CC1. The number of nitrogens with one attached hydrogen (secondary N) is 1. The summed E-state index contributed by atoms with van der Waals surface area (Å²) in [7, 11) is 0. The third-order valence-electron chi connectivity index (χ3n) is 3.33. The smallest absolute Gasteiger partial charge is 0.236 e. The highest BCUT2D eigenvalue weighted by Crippen LogP contribution is 2.28. The minimum atomic E-state index is -0.129. The minimum Gasteiger partial charge on any atom is -0.374 e. The van der Waals surface area contributed by atoms with Gasteiger partial charge in [0.2, 0.25) is 11.0 Å². The number of nitrogen functional groups attached to an aromatic ring is 1. The van der Waals surface area contributed by atoms with Gasteiger partial charge in [0.1, 0.15) is 0 Å². The summed E-state index contributed by atoms with van der Waals surface area (Å²) < 4.78 is 0.760. The van der Waals surface area contributed by atoms with E-state index in [1.165, 1.54) is 23.1 Å². The van der Waals surface area contributed by atoms with Crippen molar-refractivity contribution < 1.29 is 9.69 Å². The quantitative estimate of drug-likeness (QED) is 0.723.